The number of para-hydroxylation sites is 1. The zero-order valence-corrected chi connectivity index (χ0v) is 14.8. The minimum absolute atomic E-state index is 0.116. The van der Waals surface area contributed by atoms with Crippen LogP contribution in [0.5, 0.6) is 11.5 Å². The molecule has 0 bridgehead atoms. The van der Waals surface area contributed by atoms with Gasteiger partial charge in [0.1, 0.15) is 5.03 Å². The molecule has 124 valence electrons. The van der Waals surface area contributed by atoms with Gasteiger partial charge in [0.05, 0.1) is 24.8 Å². The molecule has 0 saturated heterocycles. The van der Waals surface area contributed by atoms with Gasteiger partial charge in [0.15, 0.2) is 17.3 Å². The Labute approximate surface area is 141 Å². The van der Waals surface area contributed by atoms with E-state index in [4.69, 9.17) is 9.47 Å². The van der Waals surface area contributed by atoms with E-state index in [2.05, 4.69) is 12.0 Å². The summed E-state index contributed by atoms with van der Waals surface area (Å²) in [5.74, 6) is 0.887. The largest absolute Gasteiger partial charge is 0.493 e. The van der Waals surface area contributed by atoms with Crippen molar-refractivity contribution in [2.45, 2.75) is 26.7 Å². The summed E-state index contributed by atoms with van der Waals surface area (Å²) in [7, 11) is 3.09. The van der Waals surface area contributed by atoms with Gasteiger partial charge in [-0.1, -0.05) is 31.2 Å². The number of hydrogen-bond acceptors (Lipinski definition) is 6. The zero-order chi connectivity index (χ0) is 16.8. The molecule has 23 heavy (non-hydrogen) atoms. The minimum Gasteiger partial charge on any atom is -0.493 e. The van der Waals surface area contributed by atoms with Gasteiger partial charge in [-0.15, -0.1) is 0 Å². The summed E-state index contributed by atoms with van der Waals surface area (Å²) in [6, 6.07) is 5.30. The maximum Gasteiger partial charge on any atom is 0.192 e. The van der Waals surface area contributed by atoms with Gasteiger partial charge in [-0.05, 0) is 25.5 Å². The number of allylic oxidation sites excluding steroid dienone is 1. The third-order valence-corrected chi connectivity index (χ3v) is 4.33. The average molecular weight is 334 g/mol. The number of hydrogen-bond donors (Lipinski definition) is 0. The van der Waals surface area contributed by atoms with Crippen molar-refractivity contribution >= 4 is 22.6 Å². The van der Waals surface area contributed by atoms with Gasteiger partial charge in [-0.25, -0.2) is 0 Å². The summed E-state index contributed by atoms with van der Waals surface area (Å²) in [6.07, 6.45) is 3.74. The number of benzene rings is 1. The summed E-state index contributed by atoms with van der Waals surface area (Å²) in [5.41, 5.74) is 0.486. The quantitative estimate of drug-likeness (QED) is 0.559. The van der Waals surface area contributed by atoms with Crippen molar-refractivity contribution in [3.05, 3.63) is 34.9 Å². The number of carbonyl (C=O) groups is 1. The number of rotatable bonds is 7. The first kappa shape index (κ1) is 17.4. The maximum atomic E-state index is 12.7. The van der Waals surface area contributed by atoms with Crippen LogP contribution in [0.1, 0.15) is 37.0 Å². The van der Waals surface area contributed by atoms with Crippen LogP contribution in [0.3, 0.4) is 0 Å². The van der Waals surface area contributed by atoms with E-state index in [1.54, 1.807) is 31.4 Å². The van der Waals surface area contributed by atoms with Crippen LogP contribution in [0.15, 0.2) is 34.4 Å². The molecule has 6 heteroatoms. The number of carbonyl (C=O) groups excluding carboxylic acids is 1. The Hall–Kier alpha value is -1.95. The van der Waals surface area contributed by atoms with Crippen molar-refractivity contribution in [2.24, 2.45) is 5.10 Å². The van der Waals surface area contributed by atoms with Crippen LogP contribution in [-0.4, -0.2) is 36.6 Å². The van der Waals surface area contributed by atoms with Crippen molar-refractivity contribution in [2.75, 3.05) is 20.8 Å². The first-order chi connectivity index (χ1) is 11.1. The van der Waals surface area contributed by atoms with Gasteiger partial charge in [-0.3, -0.25) is 9.80 Å². The molecule has 0 atom stereocenters. The van der Waals surface area contributed by atoms with E-state index in [0.717, 1.165) is 29.5 Å². The summed E-state index contributed by atoms with van der Waals surface area (Å²) in [5, 5.41) is 8.16. The number of hydrazone groups is 1. The molecule has 0 aliphatic carbocycles. The standard InChI is InChI=1S/C17H22N2O3S/c1-5-6-10-19-16(23-12(2)18-19)11-14(20)13-8-7-9-15(21-3)17(13)22-4/h7-9,11H,5-6,10H2,1-4H3/b16-11-. The number of nitrogens with zero attached hydrogens (tertiary/aromatic N) is 2. The van der Waals surface area contributed by atoms with Crippen LogP contribution in [0.25, 0.3) is 0 Å². The minimum atomic E-state index is -0.116. The highest BCUT2D eigenvalue weighted by Crippen LogP contribution is 2.34. The lowest BCUT2D eigenvalue weighted by Crippen LogP contribution is -2.14. The molecule has 1 aromatic carbocycles. The number of unbranched alkanes of at least 4 members (excludes halogenated alkanes) is 1. The number of methoxy groups -OCH3 is 2. The Bertz CT molecular complexity index is 641. The van der Waals surface area contributed by atoms with Crippen LogP contribution in [0, 0.1) is 0 Å². The molecule has 1 heterocycles. The lowest BCUT2D eigenvalue weighted by Gasteiger charge is -2.15. The fourth-order valence-electron chi connectivity index (χ4n) is 2.29. The molecule has 0 spiro atoms. The molecule has 0 N–H and O–H groups in total. The second kappa shape index (κ2) is 8.06. The topological polar surface area (TPSA) is 51.1 Å². The monoisotopic (exact) mass is 334 g/mol. The van der Waals surface area contributed by atoms with Crippen molar-refractivity contribution in [1.82, 2.24) is 5.01 Å². The molecule has 0 saturated carbocycles. The first-order valence-corrected chi connectivity index (χ1v) is 8.40. The summed E-state index contributed by atoms with van der Waals surface area (Å²) >= 11 is 1.51. The maximum absolute atomic E-state index is 12.7. The number of ether oxygens (including phenoxy) is 2. The van der Waals surface area contributed by atoms with Crippen molar-refractivity contribution < 1.29 is 14.3 Å². The normalized spacial score (nSPS) is 15.7. The van der Waals surface area contributed by atoms with E-state index in [9.17, 15) is 4.79 Å². The van der Waals surface area contributed by atoms with E-state index in [-0.39, 0.29) is 5.78 Å². The first-order valence-electron chi connectivity index (χ1n) is 7.58. The zero-order valence-electron chi connectivity index (χ0n) is 14.0. The predicted octanol–water partition coefficient (Wildman–Crippen LogP) is 3.91. The van der Waals surface area contributed by atoms with Gasteiger partial charge in [0.25, 0.3) is 0 Å². The van der Waals surface area contributed by atoms with E-state index in [1.165, 1.54) is 18.9 Å². The van der Waals surface area contributed by atoms with Crippen molar-refractivity contribution in [3.8, 4) is 11.5 Å². The average Bonchev–Trinajstić information content (AvgIpc) is 2.91. The van der Waals surface area contributed by atoms with E-state index in [0.29, 0.717) is 17.1 Å². The molecule has 5 nitrogen and oxygen atoms in total. The molecule has 2 rings (SSSR count). The molecule has 1 aromatic rings. The second-order valence-corrected chi connectivity index (χ2v) is 6.30. The Balaban J connectivity index is 2.27. The summed E-state index contributed by atoms with van der Waals surface area (Å²) in [4.78, 5) is 12.7. The third-order valence-electron chi connectivity index (χ3n) is 3.41. The van der Waals surface area contributed by atoms with E-state index in [1.807, 2.05) is 11.9 Å². The van der Waals surface area contributed by atoms with E-state index >= 15 is 0 Å². The van der Waals surface area contributed by atoms with Crippen LogP contribution < -0.4 is 9.47 Å². The van der Waals surface area contributed by atoms with Gasteiger partial charge in [-0.2, -0.15) is 5.10 Å². The highest BCUT2D eigenvalue weighted by Gasteiger charge is 2.21. The van der Waals surface area contributed by atoms with Gasteiger partial charge in [0.2, 0.25) is 0 Å². The molecular formula is C17H22N2O3S. The summed E-state index contributed by atoms with van der Waals surface area (Å²) in [6.45, 7) is 4.89. The molecule has 0 fully saturated rings. The SMILES string of the molecule is CCCCN1N=C(C)S/C1=C\C(=O)c1cccc(OC)c1OC. The Morgan fingerprint density at radius 2 is 2.13 bits per heavy atom. The van der Waals surface area contributed by atoms with Gasteiger partial charge < -0.3 is 9.47 Å². The number of thioether (sulfide) groups is 1. The molecule has 0 amide bonds. The molecule has 0 radical (unpaired) electrons. The Morgan fingerprint density at radius 3 is 2.78 bits per heavy atom. The summed E-state index contributed by atoms with van der Waals surface area (Å²) < 4.78 is 10.6. The molecule has 1 aliphatic rings. The van der Waals surface area contributed by atoms with Crippen LogP contribution in [0.4, 0.5) is 0 Å². The lowest BCUT2D eigenvalue weighted by atomic mass is 10.1. The fourth-order valence-corrected chi connectivity index (χ4v) is 3.13. The van der Waals surface area contributed by atoms with Gasteiger partial charge >= 0.3 is 0 Å². The Kier molecular flexibility index (Phi) is 6.10. The van der Waals surface area contributed by atoms with Gasteiger partial charge in [0, 0.05) is 12.6 Å². The predicted molar refractivity (Wildman–Crippen MR) is 94.3 cm³/mol. The lowest BCUT2D eigenvalue weighted by molar-refractivity contribution is 0.104. The van der Waals surface area contributed by atoms with Crippen LogP contribution in [0.2, 0.25) is 0 Å². The fraction of sp³-hybridized carbons (Fsp3) is 0.412. The Morgan fingerprint density at radius 1 is 1.35 bits per heavy atom. The van der Waals surface area contributed by atoms with Crippen LogP contribution >= 0.6 is 11.8 Å². The van der Waals surface area contributed by atoms with Crippen LogP contribution in [-0.2, 0) is 0 Å². The number of ketones is 1. The second-order valence-electron chi connectivity index (χ2n) is 5.09. The smallest absolute Gasteiger partial charge is 0.192 e. The van der Waals surface area contributed by atoms with Crippen molar-refractivity contribution in [3.63, 3.8) is 0 Å². The van der Waals surface area contributed by atoms with Crippen molar-refractivity contribution in [1.29, 1.82) is 0 Å². The van der Waals surface area contributed by atoms with E-state index < -0.39 is 0 Å². The third kappa shape index (κ3) is 4.07. The highest BCUT2D eigenvalue weighted by molar-refractivity contribution is 8.17. The molecule has 1 aliphatic heterocycles. The highest BCUT2D eigenvalue weighted by atomic mass is 32.2. The molecule has 0 unspecified atom stereocenters. The molecule has 0 aromatic heterocycles. The molecular weight excluding hydrogens is 312 g/mol.